The number of hydrogen-bond acceptors (Lipinski definition) is 3. The van der Waals surface area contributed by atoms with Gasteiger partial charge in [-0.05, 0) is 24.3 Å². The van der Waals surface area contributed by atoms with Gasteiger partial charge in [-0.25, -0.2) is 0 Å². The number of phenols is 1. The van der Waals surface area contributed by atoms with Gasteiger partial charge in [0, 0.05) is 31.2 Å². The highest BCUT2D eigenvalue weighted by molar-refractivity contribution is 5.94. The van der Waals surface area contributed by atoms with Crippen molar-refractivity contribution in [3.63, 3.8) is 0 Å². The minimum atomic E-state index is -0.0419. The molecule has 0 unspecified atom stereocenters. The van der Waals surface area contributed by atoms with Gasteiger partial charge in [0.1, 0.15) is 5.75 Å². The first-order valence-corrected chi connectivity index (χ1v) is 4.90. The summed E-state index contributed by atoms with van der Waals surface area (Å²) >= 11 is 0. The average Bonchev–Trinajstić information content (AvgIpc) is 2.17. The van der Waals surface area contributed by atoms with Gasteiger partial charge in [0.15, 0.2) is 0 Å². The Morgan fingerprint density at radius 3 is 2.47 bits per heavy atom. The van der Waals surface area contributed by atoms with Gasteiger partial charge < -0.3 is 15.1 Å². The summed E-state index contributed by atoms with van der Waals surface area (Å²) in [5, 5.41) is 17.9. The molecule has 0 spiro atoms. The second-order valence-electron chi connectivity index (χ2n) is 3.81. The summed E-state index contributed by atoms with van der Waals surface area (Å²) in [5.41, 5.74) is 0.573. The monoisotopic (exact) mass is 207 g/mol. The predicted octanol–water partition coefficient (Wildman–Crippen LogP) is 0.457. The van der Waals surface area contributed by atoms with E-state index >= 15 is 0 Å². The Labute approximate surface area is 87.8 Å². The van der Waals surface area contributed by atoms with Crippen LogP contribution in [0.2, 0.25) is 0 Å². The topological polar surface area (TPSA) is 60.8 Å². The SMILES string of the molecule is O=C(c1ccc(O)cc1)N1CC(CO)C1. The van der Waals surface area contributed by atoms with E-state index in [0.717, 1.165) is 0 Å². The third kappa shape index (κ3) is 1.94. The molecule has 2 rings (SSSR count). The van der Waals surface area contributed by atoms with Crippen molar-refractivity contribution in [3.8, 4) is 5.75 Å². The number of aromatic hydroxyl groups is 1. The summed E-state index contributed by atoms with van der Waals surface area (Å²) in [6.07, 6.45) is 0. The number of phenolic OH excluding ortho intramolecular Hbond substituents is 1. The molecule has 1 aliphatic rings. The van der Waals surface area contributed by atoms with E-state index in [1.807, 2.05) is 0 Å². The minimum absolute atomic E-state index is 0.0419. The fraction of sp³-hybridized carbons (Fsp3) is 0.364. The number of carbonyl (C=O) groups excluding carboxylic acids is 1. The Balaban J connectivity index is 2.00. The molecule has 1 aromatic rings. The zero-order valence-corrected chi connectivity index (χ0v) is 8.26. The van der Waals surface area contributed by atoms with Crippen LogP contribution in [-0.2, 0) is 0 Å². The number of hydrogen-bond donors (Lipinski definition) is 2. The van der Waals surface area contributed by atoms with Gasteiger partial charge in [-0.1, -0.05) is 0 Å². The Morgan fingerprint density at radius 1 is 1.33 bits per heavy atom. The lowest BCUT2D eigenvalue weighted by Crippen LogP contribution is -2.51. The van der Waals surface area contributed by atoms with Crippen LogP contribution in [0.4, 0.5) is 0 Å². The number of likely N-dealkylation sites (tertiary alicyclic amines) is 1. The first-order valence-electron chi connectivity index (χ1n) is 4.90. The molecular formula is C11H13NO3. The van der Waals surface area contributed by atoms with Gasteiger partial charge in [0.2, 0.25) is 0 Å². The number of aliphatic hydroxyl groups is 1. The third-order valence-electron chi connectivity index (χ3n) is 2.62. The van der Waals surface area contributed by atoms with Crippen molar-refractivity contribution < 1.29 is 15.0 Å². The van der Waals surface area contributed by atoms with E-state index < -0.39 is 0 Å². The molecule has 0 saturated carbocycles. The summed E-state index contributed by atoms with van der Waals surface area (Å²) in [6, 6.07) is 6.20. The molecule has 80 valence electrons. The smallest absolute Gasteiger partial charge is 0.253 e. The molecule has 1 amide bonds. The molecule has 1 heterocycles. The molecule has 4 nitrogen and oxygen atoms in total. The highest BCUT2D eigenvalue weighted by Gasteiger charge is 2.30. The van der Waals surface area contributed by atoms with Gasteiger partial charge in [-0.3, -0.25) is 4.79 Å². The molecule has 1 aromatic carbocycles. The zero-order chi connectivity index (χ0) is 10.8. The van der Waals surface area contributed by atoms with Crippen molar-refractivity contribution in [2.24, 2.45) is 5.92 Å². The standard InChI is InChI=1S/C11H13NO3/c13-7-8-5-12(6-8)11(15)9-1-3-10(14)4-2-9/h1-4,8,13-14H,5-7H2. The van der Waals surface area contributed by atoms with Gasteiger partial charge in [0.05, 0.1) is 0 Å². The van der Waals surface area contributed by atoms with Crippen LogP contribution in [0.25, 0.3) is 0 Å². The van der Waals surface area contributed by atoms with Gasteiger partial charge in [-0.15, -0.1) is 0 Å². The van der Waals surface area contributed by atoms with Crippen molar-refractivity contribution in [2.45, 2.75) is 0 Å². The maximum atomic E-state index is 11.8. The van der Waals surface area contributed by atoms with E-state index in [2.05, 4.69) is 0 Å². The largest absolute Gasteiger partial charge is 0.508 e. The van der Waals surface area contributed by atoms with Crippen molar-refractivity contribution >= 4 is 5.91 Å². The molecule has 0 bridgehead atoms. The van der Waals surface area contributed by atoms with Crippen LogP contribution in [0.5, 0.6) is 5.75 Å². The number of nitrogens with zero attached hydrogens (tertiary/aromatic N) is 1. The second-order valence-corrected chi connectivity index (χ2v) is 3.81. The average molecular weight is 207 g/mol. The molecular weight excluding hydrogens is 194 g/mol. The number of benzene rings is 1. The minimum Gasteiger partial charge on any atom is -0.508 e. The Bertz CT molecular complexity index is 355. The number of aliphatic hydroxyl groups excluding tert-OH is 1. The second kappa shape index (κ2) is 3.90. The molecule has 2 N–H and O–H groups in total. The maximum Gasteiger partial charge on any atom is 0.253 e. The van der Waals surface area contributed by atoms with E-state index in [0.29, 0.717) is 18.7 Å². The van der Waals surface area contributed by atoms with Crippen LogP contribution < -0.4 is 0 Å². The molecule has 0 radical (unpaired) electrons. The molecule has 0 atom stereocenters. The Morgan fingerprint density at radius 2 is 1.93 bits per heavy atom. The van der Waals surface area contributed by atoms with Crippen molar-refractivity contribution in [3.05, 3.63) is 29.8 Å². The zero-order valence-electron chi connectivity index (χ0n) is 8.26. The van der Waals surface area contributed by atoms with Crippen molar-refractivity contribution in [1.29, 1.82) is 0 Å². The quantitative estimate of drug-likeness (QED) is 0.740. The fourth-order valence-electron chi connectivity index (χ4n) is 1.64. The first kappa shape index (κ1) is 9.98. The fourth-order valence-corrected chi connectivity index (χ4v) is 1.64. The van der Waals surface area contributed by atoms with Crippen molar-refractivity contribution in [1.82, 2.24) is 4.90 Å². The first-order chi connectivity index (χ1) is 7.20. The molecule has 15 heavy (non-hydrogen) atoms. The maximum absolute atomic E-state index is 11.8. The lowest BCUT2D eigenvalue weighted by Gasteiger charge is -2.38. The molecule has 1 fully saturated rings. The number of carbonyl (C=O) groups is 1. The number of amides is 1. The lowest BCUT2D eigenvalue weighted by molar-refractivity contribution is 0.0362. The molecule has 4 heteroatoms. The van der Waals surface area contributed by atoms with E-state index in [4.69, 9.17) is 10.2 Å². The lowest BCUT2D eigenvalue weighted by atomic mass is 10.00. The highest BCUT2D eigenvalue weighted by Crippen LogP contribution is 2.19. The van der Waals surface area contributed by atoms with E-state index in [1.54, 1.807) is 17.0 Å². The highest BCUT2D eigenvalue weighted by atomic mass is 16.3. The van der Waals surface area contributed by atoms with E-state index in [1.165, 1.54) is 12.1 Å². The number of rotatable bonds is 2. The summed E-state index contributed by atoms with van der Waals surface area (Å²) in [7, 11) is 0. The van der Waals surface area contributed by atoms with Gasteiger partial charge >= 0.3 is 0 Å². The van der Waals surface area contributed by atoms with Crippen LogP contribution in [0, 0.1) is 5.92 Å². The van der Waals surface area contributed by atoms with Gasteiger partial charge in [0.25, 0.3) is 5.91 Å². The van der Waals surface area contributed by atoms with Crippen molar-refractivity contribution in [2.75, 3.05) is 19.7 Å². The summed E-state index contributed by atoms with van der Waals surface area (Å²) in [4.78, 5) is 13.5. The predicted molar refractivity (Wildman–Crippen MR) is 54.6 cm³/mol. The summed E-state index contributed by atoms with van der Waals surface area (Å²) in [5.74, 6) is 0.342. The van der Waals surface area contributed by atoms with Crippen LogP contribution in [0.15, 0.2) is 24.3 Å². The molecule has 0 aromatic heterocycles. The molecule has 1 saturated heterocycles. The van der Waals surface area contributed by atoms with Crippen LogP contribution in [0.3, 0.4) is 0 Å². The van der Waals surface area contributed by atoms with E-state index in [9.17, 15) is 4.79 Å². The Kier molecular flexibility index (Phi) is 2.60. The Hall–Kier alpha value is -1.55. The summed E-state index contributed by atoms with van der Waals surface area (Å²) in [6.45, 7) is 1.38. The third-order valence-corrected chi connectivity index (χ3v) is 2.62. The molecule has 0 aliphatic carbocycles. The van der Waals surface area contributed by atoms with Crippen LogP contribution in [-0.4, -0.2) is 40.7 Å². The van der Waals surface area contributed by atoms with Gasteiger partial charge in [-0.2, -0.15) is 0 Å². The summed E-state index contributed by atoms with van der Waals surface area (Å²) < 4.78 is 0. The molecule has 1 aliphatic heterocycles. The normalized spacial score (nSPS) is 16.2. The van der Waals surface area contributed by atoms with E-state index in [-0.39, 0.29) is 24.2 Å². The van der Waals surface area contributed by atoms with Crippen LogP contribution in [0.1, 0.15) is 10.4 Å². The van der Waals surface area contributed by atoms with Crippen LogP contribution >= 0.6 is 0 Å².